The van der Waals surface area contributed by atoms with Crippen molar-refractivity contribution in [3.8, 4) is 77.9 Å². The third kappa shape index (κ3) is 32.7. The van der Waals surface area contributed by atoms with Crippen LogP contribution in [-0.2, 0) is 25.7 Å². The fourth-order valence-electron chi connectivity index (χ4n) is 18.8. The van der Waals surface area contributed by atoms with Gasteiger partial charge in [0, 0.05) is 0 Å². The fraction of sp³-hybridized carbons (Fsp3) is 0.387. The summed E-state index contributed by atoms with van der Waals surface area (Å²) >= 11 is 0. The van der Waals surface area contributed by atoms with Crippen molar-refractivity contribution in [2.45, 2.75) is 330 Å². The largest absolute Gasteiger partial charge is 0.394 e. The van der Waals surface area contributed by atoms with Crippen LogP contribution in [0.3, 0.4) is 0 Å². The van der Waals surface area contributed by atoms with E-state index in [9.17, 15) is 13.2 Å². The molecule has 0 saturated heterocycles. The summed E-state index contributed by atoms with van der Waals surface area (Å²) in [6.07, 6.45) is -0.770. The summed E-state index contributed by atoms with van der Waals surface area (Å²) in [5.74, 6) is 4.83. The Morgan fingerprint density at radius 3 is 0.557 bits per heavy atom. The maximum absolute atomic E-state index is 13.0. The minimum Gasteiger partial charge on any atom is -0.171 e. The summed E-state index contributed by atoms with van der Waals surface area (Å²) in [6, 6.07) is 95.1. The highest BCUT2D eigenvalue weighted by Crippen LogP contribution is 2.43. The van der Waals surface area contributed by atoms with E-state index in [0.29, 0.717) is 52.4 Å². The fourth-order valence-corrected chi connectivity index (χ4v) is 18.8. The number of halogens is 3. The molecule has 0 aliphatic heterocycles. The molecule has 0 spiro atoms. The molecule has 0 atom stereocenters. The van der Waals surface area contributed by atoms with Crippen LogP contribution in [0, 0.1) is 140 Å². The van der Waals surface area contributed by atoms with Gasteiger partial charge < -0.3 is 0 Å². The lowest BCUT2D eigenvalue weighted by Crippen LogP contribution is -2.34. The first-order valence-corrected chi connectivity index (χ1v) is 51.9. The van der Waals surface area contributed by atoms with Crippen molar-refractivity contribution in [2.24, 2.45) is 22.7 Å². The summed E-state index contributed by atoms with van der Waals surface area (Å²) in [7, 11) is 0. The molecule has 0 aliphatic carbocycles. The molecule has 742 valence electrons. The monoisotopic (exact) mass is 1880 g/mol. The van der Waals surface area contributed by atoms with Crippen LogP contribution in [0.4, 0.5) is 13.2 Å². The van der Waals surface area contributed by atoms with Crippen LogP contribution in [-0.4, -0.2) is 6.18 Å². The van der Waals surface area contributed by atoms with Crippen LogP contribution in [0.2, 0.25) is 0 Å². The van der Waals surface area contributed by atoms with Crippen LogP contribution in [0.25, 0.3) is 77.9 Å². The van der Waals surface area contributed by atoms with Gasteiger partial charge in [0.1, 0.15) is 0 Å². The minimum absolute atomic E-state index is 0.0112. The van der Waals surface area contributed by atoms with Crippen LogP contribution in [0.15, 0.2) is 261 Å². The zero-order valence-corrected chi connectivity index (χ0v) is 93.4. The molecule has 0 radical (unpaired) electrons. The van der Waals surface area contributed by atoms with Gasteiger partial charge in [-0.2, -0.15) is 13.2 Å². The van der Waals surface area contributed by atoms with Crippen molar-refractivity contribution in [3.05, 3.63) is 411 Å². The quantitative estimate of drug-likeness (QED) is 0.0713. The van der Waals surface area contributed by atoms with Gasteiger partial charge in [-0.15, -0.1) is 0 Å². The molecule has 14 aromatic rings. The molecule has 0 bridgehead atoms. The van der Waals surface area contributed by atoms with Crippen molar-refractivity contribution in [2.75, 3.05) is 0 Å². The number of rotatable bonds is 20. The molecule has 0 saturated carbocycles. The summed E-state index contributed by atoms with van der Waals surface area (Å²) in [4.78, 5) is 0. The Kier molecular flexibility index (Phi) is 41.6. The van der Waals surface area contributed by atoms with E-state index in [2.05, 4.69) is 486 Å². The third-order valence-electron chi connectivity index (χ3n) is 28.4. The van der Waals surface area contributed by atoms with Crippen molar-refractivity contribution in [1.82, 2.24) is 0 Å². The topological polar surface area (TPSA) is 0 Å². The van der Waals surface area contributed by atoms with E-state index in [0.717, 1.165) is 36.3 Å². The van der Waals surface area contributed by atoms with Gasteiger partial charge in [0.15, 0.2) is 0 Å². The SMILES string of the molecule is Cc1c(C(C)C)cc(-c2ccc(CC(C)C)cc2)cc1C(C)C.Cc1c(C(C)C)cc(-c2ccccc2)cc1C(C)C.Cc1cc(-c2ccc(CC(C)(C)C(F)(F)F)cc2)cc(C)c1C.Cc1cc(-c2ccc(CC(C)(C)C)cc2)cc(C)c1C.Cc1cc(-c2ccc(CC(C)C)cc2)cc(C)c1C.Cc1ccc(-c2cc(C(C)C)c(C)c(C(C)C)c2)cc1.Cc1ccc(-c2cc(C)c(C)c(C)c2)cc1. The highest BCUT2D eigenvalue weighted by atomic mass is 19.4. The molecule has 0 unspecified atom stereocenters. The average Bonchev–Trinajstić information content (AvgIpc) is 0.745. The van der Waals surface area contributed by atoms with E-state index >= 15 is 0 Å². The average molecular weight is 1880 g/mol. The van der Waals surface area contributed by atoms with E-state index in [1.807, 2.05) is 12.1 Å². The number of aryl methyl sites for hydroxylation is 10. The predicted octanol–water partition coefficient (Wildman–Crippen LogP) is 41.6. The van der Waals surface area contributed by atoms with Gasteiger partial charge in [0.25, 0.3) is 0 Å². The van der Waals surface area contributed by atoms with Gasteiger partial charge in [0.2, 0.25) is 0 Å². The smallest absolute Gasteiger partial charge is 0.171 e. The number of benzene rings is 14. The summed E-state index contributed by atoms with van der Waals surface area (Å²) < 4.78 is 39.0. The van der Waals surface area contributed by atoms with Gasteiger partial charge in [-0.05, 0) is 413 Å². The molecular formula is C137H173F3. The third-order valence-corrected chi connectivity index (χ3v) is 28.4. The molecule has 0 heterocycles. The lowest BCUT2D eigenvalue weighted by atomic mass is 9.84. The number of hydrogen-bond donors (Lipinski definition) is 0. The van der Waals surface area contributed by atoms with E-state index in [1.54, 1.807) is 12.1 Å². The van der Waals surface area contributed by atoms with E-state index in [-0.39, 0.29) is 6.42 Å². The summed E-state index contributed by atoms with van der Waals surface area (Å²) in [5.41, 5.74) is 53.8. The zero-order valence-electron chi connectivity index (χ0n) is 93.4. The zero-order chi connectivity index (χ0) is 104. The Morgan fingerprint density at radius 1 is 0.193 bits per heavy atom. The summed E-state index contributed by atoms with van der Waals surface area (Å²) in [5, 5.41) is 0. The first-order valence-electron chi connectivity index (χ1n) is 51.9. The second-order valence-electron chi connectivity index (χ2n) is 45.1. The Balaban J connectivity index is 0.000000201. The van der Waals surface area contributed by atoms with Crippen LogP contribution in [0.5, 0.6) is 0 Å². The molecule has 140 heavy (non-hydrogen) atoms. The minimum atomic E-state index is -4.20. The van der Waals surface area contributed by atoms with Crippen molar-refractivity contribution in [1.29, 1.82) is 0 Å². The molecule has 14 aromatic carbocycles. The van der Waals surface area contributed by atoms with Crippen molar-refractivity contribution in [3.63, 3.8) is 0 Å². The molecule has 0 amide bonds. The highest BCUT2D eigenvalue weighted by Gasteiger charge is 2.47. The normalized spacial score (nSPS) is 11.5. The van der Waals surface area contributed by atoms with Gasteiger partial charge in [-0.3, -0.25) is 0 Å². The molecule has 14 rings (SSSR count). The van der Waals surface area contributed by atoms with E-state index in [1.165, 1.54) is 225 Å². The van der Waals surface area contributed by atoms with Gasteiger partial charge in [-0.25, -0.2) is 0 Å². The lowest BCUT2D eigenvalue weighted by molar-refractivity contribution is -0.211. The van der Waals surface area contributed by atoms with Crippen molar-refractivity contribution >= 4 is 0 Å². The molecule has 0 aromatic heterocycles. The Bertz CT molecular complexity index is 6140. The molecule has 3 heteroatoms. The summed E-state index contributed by atoms with van der Waals surface area (Å²) in [6.45, 7) is 82.9. The molecular weight excluding hydrogens is 1700 g/mol. The molecule has 0 fully saturated rings. The van der Waals surface area contributed by atoms with Crippen LogP contribution in [0.1, 0.15) is 331 Å². The first-order chi connectivity index (χ1) is 65.5. The van der Waals surface area contributed by atoms with Crippen LogP contribution < -0.4 is 0 Å². The van der Waals surface area contributed by atoms with E-state index < -0.39 is 11.6 Å². The lowest BCUT2D eigenvalue weighted by Gasteiger charge is -2.27. The molecule has 0 N–H and O–H groups in total. The van der Waals surface area contributed by atoms with Crippen LogP contribution >= 0.6 is 0 Å². The Hall–Kier alpha value is -11.1. The van der Waals surface area contributed by atoms with Gasteiger partial charge >= 0.3 is 6.18 Å². The first kappa shape index (κ1) is 114. The molecule has 0 aliphatic rings. The van der Waals surface area contributed by atoms with Crippen molar-refractivity contribution < 1.29 is 13.2 Å². The van der Waals surface area contributed by atoms with E-state index in [4.69, 9.17) is 0 Å². The maximum atomic E-state index is 13.0. The number of alkyl halides is 3. The predicted molar refractivity (Wildman–Crippen MR) is 612 cm³/mol. The van der Waals surface area contributed by atoms with Gasteiger partial charge in [-0.1, -0.05) is 417 Å². The Morgan fingerprint density at radius 2 is 0.371 bits per heavy atom. The highest BCUT2D eigenvalue weighted by molar-refractivity contribution is 5.73. The Labute approximate surface area is 849 Å². The number of hydrogen-bond acceptors (Lipinski definition) is 0. The second-order valence-corrected chi connectivity index (χ2v) is 45.1. The molecule has 0 nitrogen and oxygen atoms in total. The second kappa shape index (κ2) is 51.0. The standard InChI is InChI=1S/C23H32.C20H23F3.2C20H26.2C19H24.C16H18/c1-15(2)12-19-8-10-20(11-9-19)21-13-22(16(3)4)18(7)23(14-21)17(5)6;1-13-10-18(11-14(2)15(13)3)17-8-6-16(7-9-17)12-19(4,5)20(21,22)23;1-14-11-19(12-15(2)16(14)3)18-9-7-17(8-10-18)13-20(4,5)6;1-13(2)19-11-18(12-20(14(3)4)16(19)6)17-9-7-15(5)8-10-17;1-13(2)10-17-6-8-18(9-7-17)19-11-14(3)16(5)15(4)12-19;1-13(2)18-11-17(16-9-7-6-8-10-16)12-19(14(3)4)15(18)5;1-11-5-7-15(8-6-11)16-9-12(2)14(4)13(3)10-16/h8-11,13-17H,12H2,1-7H3;6-11H,12H2,1-5H3;7-12H,13H2,1-6H3;7-14H,1-6H3;6-9,11-13H,10H2,1-5H3;6-14H,1-5H3;5-10H,1-4H3. The van der Waals surface area contributed by atoms with Gasteiger partial charge in [0.05, 0.1) is 5.41 Å². The maximum Gasteiger partial charge on any atom is 0.394 e.